The molecule has 7 heteroatoms. The number of carbonyl (C=O) groups is 2. The molecule has 0 spiro atoms. The zero-order valence-electron chi connectivity index (χ0n) is 11.4. The Hall–Kier alpha value is -0.950. The van der Waals surface area contributed by atoms with Gasteiger partial charge in [0, 0.05) is 13.1 Å². The number of rotatable bonds is 12. The highest BCUT2D eigenvalue weighted by Gasteiger charge is 1.99. The molecule has 0 radical (unpaired) electrons. The van der Waals surface area contributed by atoms with E-state index < -0.39 is 5.97 Å². The van der Waals surface area contributed by atoms with E-state index in [0.29, 0.717) is 13.1 Å². The van der Waals surface area contributed by atoms with Crippen LogP contribution in [0.15, 0.2) is 0 Å². The molecule has 0 saturated heterocycles. The van der Waals surface area contributed by atoms with Crippen LogP contribution in [0.2, 0.25) is 0 Å². The van der Waals surface area contributed by atoms with Crippen molar-refractivity contribution in [1.29, 1.82) is 0 Å². The second-order valence-electron chi connectivity index (χ2n) is 4.04. The lowest BCUT2D eigenvalue weighted by atomic mass is 10.2. The van der Waals surface area contributed by atoms with Gasteiger partial charge in [-0.2, -0.15) is 11.8 Å². The van der Waals surface area contributed by atoms with Crippen LogP contribution in [0.4, 0.5) is 4.79 Å². The molecule has 0 heterocycles. The number of carboxylic acids is 1. The number of nitrogens with one attached hydrogen (secondary N) is 2. The minimum Gasteiger partial charge on any atom is -0.480 e. The average molecular weight is 292 g/mol. The van der Waals surface area contributed by atoms with E-state index >= 15 is 0 Å². The maximum absolute atomic E-state index is 11.3. The van der Waals surface area contributed by atoms with Crippen molar-refractivity contribution in [1.82, 2.24) is 10.6 Å². The maximum Gasteiger partial charge on any atom is 0.329 e. The predicted octanol–water partition coefficient (Wildman–Crippen LogP) is 1.31. The van der Waals surface area contributed by atoms with Gasteiger partial charge in [-0.05, 0) is 24.9 Å². The van der Waals surface area contributed by atoms with Gasteiger partial charge < -0.3 is 20.5 Å². The summed E-state index contributed by atoms with van der Waals surface area (Å²) in [7, 11) is 0. The molecule has 0 bridgehead atoms. The third-order valence-corrected chi connectivity index (χ3v) is 3.02. The van der Waals surface area contributed by atoms with E-state index in [1.54, 1.807) is 0 Å². The van der Waals surface area contributed by atoms with Crippen molar-refractivity contribution >= 4 is 23.8 Å². The lowest BCUT2D eigenvalue weighted by Crippen LogP contribution is -2.37. The van der Waals surface area contributed by atoms with E-state index in [1.807, 2.05) is 11.8 Å². The van der Waals surface area contributed by atoms with Crippen molar-refractivity contribution in [2.24, 2.45) is 0 Å². The zero-order valence-corrected chi connectivity index (χ0v) is 12.3. The molecule has 19 heavy (non-hydrogen) atoms. The van der Waals surface area contributed by atoms with Crippen LogP contribution in [0.3, 0.4) is 0 Å². The number of aliphatic carboxylic acids is 1. The number of hydrogen-bond acceptors (Lipinski definition) is 4. The minimum absolute atomic E-state index is 0.203. The first kappa shape index (κ1) is 18.0. The summed E-state index contributed by atoms with van der Waals surface area (Å²) >= 11 is 1.86. The van der Waals surface area contributed by atoms with Crippen molar-refractivity contribution in [2.75, 3.05) is 38.3 Å². The number of unbranched alkanes of at least 4 members (excludes halogenated alkanes) is 3. The molecule has 0 aromatic carbocycles. The van der Waals surface area contributed by atoms with Crippen LogP contribution in [0.5, 0.6) is 0 Å². The fraction of sp³-hybridized carbons (Fsp3) is 0.833. The summed E-state index contributed by atoms with van der Waals surface area (Å²) in [6, 6.07) is -0.233. The molecular formula is C12H24N2O4S. The van der Waals surface area contributed by atoms with E-state index in [9.17, 15) is 9.59 Å². The third-order valence-electron chi connectivity index (χ3n) is 2.32. The van der Waals surface area contributed by atoms with Crippen LogP contribution >= 0.6 is 11.8 Å². The van der Waals surface area contributed by atoms with Crippen LogP contribution in [-0.4, -0.2) is 55.4 Å². The van der Waals surface area contributed by atoms with E-state index in [2.05, 4.69) is 16.9 Å². The normalized spacial score (nSPS) is 10.2. The van der Waals surface area contributed by atoms with Crippen LogP contribution in [-0.2, 0) is 9.53 Å². The Bertz CT molecular complexity index is 252. The molecule has 0 rings (SSSR count). The van der Waals surface area contributed by atoms with Crippen LogP contribution in [0, 0.1) is 0 Å². The van der Waals surface area contributed by atoms with Crippen LogP contribution in [0.25, 0.3) is 0 Å². The number of thioether (sulfide) groups is 1. The predicted molar refractivity (Wildman–Crippen MR) is 76.7 cm³/mol. The topological polar surface area (TPSA) is 87.7 Å². The lowest BCUT2D eigenvalue weighted by molar-refractivity contribution is -0.142. The molecule has 6 nitrogen and oxygen atoms in total. The molecule has 0 saturated carbocycles. The second-order valence-corrected chi connectivity index (χ2v) is 5.02. The van der Waals surface area contributed by atoms with Gasteiger partial charge in [0.25, 0.3) is 0 Å². The van der Waals surface area contributed by atoms with Crippen molar-refractivity contribution in [2.45, 2.75) is 25.7 Å². The number of amides is 2. The Balaban J connectivity index is 3.19. The first-order chi connectivity index (χ1) is 9.16. The SMILES string of the molecule is CSCCCCCCNC(=O)NCCOCC(=O)O. The first-order valence-corrected chi connectivity index (χ1v) is 7.86. The fourth-order valence-electron chi connectivity index (χ4n) is 1.39. The van der Waals surface area contributed by atoms with Gasteiger partial charge in [0.15, 0.2) is 0 Å². The maximum atomic E-state index is 11.3. The molecule has 0 aromatic heterocycles. The van der Waals surface area contributed by atoms with Crippen molar-refractivity contribution < 1.29 is 19.4 Å². The molecule has 112 valence electrons. The Morgan fingerprint density at radius 2 is 1.79 bits per heavy atom. The number of carbonyl (C=O) groups excluding carboxylic acids is 1. The monoisotopic (exact) mass is 292 g/mol. The van der Waals surface area contributed by atoms with Crippen LogP contribution < -0.4 is 10.6 Å². The van der Waals surface area contributed by atoms with Crippen molar-refractivity contribution in [3.63, 3.8) is 0 Å². The number of ether oxygens (including phenoxy) is 1. The molecule has 2 amide bonds. The molecule has 0 aliphatic heterocycles. The summed E-state index contributed by atoms with van der Waals surface area (Å²) in [6.07, 6.45) is 6.65. The summed E-state index contributed by atoms with van der Waals surface area (Å²) in [6.45, 7) is 0.849. The molecule has 0 aliphatic rings. The molecule has 3 N–H and O–H groups in total. The number of hydrogen-bond donors (Lipinski definition) is 3. The van der Waals surface area contributed by atoms with Crippen LogP contribution in [0.1, 0.15) is 25.7 Å². The van der Waals surface area contributed by atoms with Gasteiger partial charge in [0.05, 0.1) is 6.61 Å². The highest BCUT2D eigenvalue weighted by molar-refractivity contribution is 7.98. The van der Waals surface area contributed by atoms with Gasteiger partial charge >= 0.3 is 12.0 Å². The van der Waals surface area contributed by atoms with Gasteiger partial charge in [0.1, 0.15) is 6.61 Å². The Morgan fingerprint density at radius 1 is 1.11 bits per heavy atom. The molecular weight excluding hydrogens is 268 g/mol. The Kier molecular flexibility index (Phi) is 12.8. The Labute approximate surface area is 118 Å². The number of urea groups is 1. The lowest BCUT2D eigenvalue weighted by Gasteiger charge is -2.07. The van der Waals surface area contributed by atoms with E-state index in [0.717, 1.165) is 12.8 Å². The highest BCUT2D eigenvalue weighted by atomic mass is 32.2. The summed E-state index contributed by atoms with van der Waals surface area (Å²) in [5.74, 6) is 0.190. The Morgan fingerprint density at radius 3 is 2.47 bits per heavy atom. The van der Waals surface area contributed by atoms with E-state index in [1.165, 1.54) is 18.6 Å². The molecule has 0 aliphatic carbocycles. The third kappa shape index (κ3) is 15.0. The van der Waals surface area contributed by atoms with Gasteiger partial charge in [-0.25, -0.2) is 9.59 Å². The summed E-state index contributed by atoms with van der Waals surface area (Å²) in [5, 5.41) is 13.7. The molecule has 0 unspecified atom stereocenters. The van der Waals surface area contributed by atoms with Gasteiger partial charge in [-0.3, -0.25) is 0 Å². The largest absolute Gasteiger partial charge is 0.480 e. The molecule has 0 aromatic rings. The van der Waals surface area contributed by atoms with Crippen molar-refractivity contribution in [3.8, 4) is 0 Å². The standard InChI is InChI=1S/C12H24N2O4S/c1-19-9-5-3-2-4-6-13-12(17)14-7-8-18-10-11(15)16/h2-10H2,1H3,(H,15,16)(H2,13,14,17). The van der Waals surface area contributed by atoms with E-state index in [-0.39, 0.29) is 19.2 Å². The molecule has 0 fully saturated rings. The fourth-order valence-corrected chi connectivity index (χ4v) is 1.88. The minimum atomic E-state index is -1.01. The van der Waals surface area contributed by atoms with Gasteiger partial charge in [-0.15, -0.1) is 0 Å². The quantitative estimate of drug-likeness (QED) is 0.472. The van der Waals surface area contributed by atoms with E-state index in [4.69, 9.17) is 9.84 Å². The van der Waals surface area contributed by atoms with Gasteiger partial charge in [-0.1, -0.05) is 12.8 Å². The number of carboxylic acid groups (broad SMARTS) is 1. The average Bonchev–Trinajstić information content (AvgIpc) is 2.37. The highest BCUT2D eigenvalue weighted by Crippen LogP contribution is 2.03. The first-order valence-electron chi connectivity index (χ1n) is 6.47. The second kappa shape index (κ2) is 13.5. The van der Waals surface area contributed by atoms with Gasteiger partial charge in [0.2, 0.25) is 0 Å². The molecule has 0 atom stereocenters. The smallest absolute Gasteiger partial charge is 0.329 e. The summed E-state index contributed by atoms with van der Waals surface area (Å²) in [4.78, 5) is 21.4. The summed E-state index contributed by atoms with van der Waals surface area (Å²) < 4.78 is 4.78. The summed E-state index contributed by atoms with van der Waals surface area (Å²) in [5.41, 5.74) is 0. The van der Waals surface area contributed by atoms with Crippen molar-refractivity contribution in [3.05, 3.63) is 0 Å². The zero-order chi connectivity index (χ0) is 14.3.